The number of nitrogens with one attached hydrogen (secondary N) is 1. The molecule has 1 atom stereocenters. The lowest BCUT2D eigenvalue weighted by atomic mass is 9.83. The van der Waals surface area contributed by atoms with Crippen LogP contribution in [0.1, 0.15) is 15.9 Å². The first-order valence-corrected chi connectivity index (χ1v) is 6.80. The van der Waals surface area contributed by atoms with Crippen LogP contribution in [0.3, 0.4) is 0 Å². The molecule has 106 valence electrons. The molecular weight excluding hydrogens is 316 g/mol. The van der Waals surface area contributed by atoms with Crippen molar-refractivity contribution in [3.8, 4) is 0 Å². The summed E-state index contributed by atoms with van der Waals surface area (Å²) in [6.07, 6.45) is 0. The van der Waals surface area contributed by atoms with Crippen LogP contribution in [-0.2, 0) is 10.5 Å². The summed E-state index contributed by atoms with van der Waals surface area (Å²) in [7, 11) is 0. The lowest BCUT2D eigenvalue weighted by Crippen LogP contribution is -2.47. The molecule has 0 radical (unpaired) electrons. The molecule has 0 fully saturated rings. The van der Waals surface area contributed by atoms with E-state index < -0.39 is 17.4 Å². The summed E-state index contributed by atoms with van der Waals surface area (Å²) >= 11 is 11.8. The monoisotopic (exact) mass is 323 g/mol. The van der Waals surface area contributed by atoms with E-state index in [4.69, 9.17) is 23.2 Å². The van der Waals surface area contributed by atoms with Gasteiger partial charge in [0.2, 0.25) is 5.78 Å². The number of halogens is 3. The largest absolute Gasteiger partial charge is 0.321 e. The second kappa shape index (κ2) is 4.83. The summed E-state index contributed by atoms with van der Waals surface area (Å²) in [5.41, 5.74) is -2.76. The average Bonchev–Trinajstić information content (AvgIpc) is 2.50. The fourth-order valence-corrected chi connectivity index (χ4v) is 2.65. The van der Waals surface area contributed by atoms with E-state index >= 15 is 4.39 Å². The second-order valence-electron chi connectivity index (χ2n) is 4.59. The summed E-state index contributed by atoms with van der Waals surface area (Å²) < 4.78 is 15.2. The topological polar surface area (TPSA) is 46.2 Å². The standard InChI is InChI=1S/C15H8Cl2FNO2/c16-10-7-6-9-12(11(10)17)19-14(21)15(18,13(9)20)8-4-2-1-3-5-8/h1-7H,(H,19,21)/t15-/m0/s1. The molecule has 0 aromatic heterocycles. The van der Waals surface area contributed by atoms with Crippen molar-refractivity contribution in [3.05, 3.63) is 63.6 Å². The molecule has 1 aliphatic rings. The van der Waals surface area contributed by atoms with Gasteiger partial charge in [0.1, 0.15) is 0 Å². The van der Waals surface area contributed by atoms with E-state index in [1.54, 1.807) is 18.2 Å². The molecule has 1 heterocycles. The van der Waals surface area contributed by atoms with Gasteiger partial charge < -0.3 is 5.32 Å². The lowest BCUT2D eigenvalue weighted by molar-refractivity contribution is -0.125. The molecule has 21 heavy (non-hydrogen) atoms. The first-order chi connectivity index (χ1) is 9.96. The highest BCUT2D eigenvalue weighted by Crippen LogP contribution is 2.42. The maximum absolute atomic E-state index is 15.2. The number of hydrogen-bond donors (Lipinski definition) is 1. The molecule has 0 unspecified atom stereocenters. The number of benzene rings is 2. The Kier molecular flexibility index (Phi) is 3.23. The van der Waals surface area contributed by atoms with Crippen molar-refractivity contribution in [2.24, 2.45) is 0 Å². The van der Waals surface area contributed by atoms with Crippen LogP contribution in [0.4, 0.5) is 10.1 Å². The molecule has 0 bridgehead atoms. The highest BCUT2D eigenvalue weighted by molar-refractivity contribution is 6.45. The van der Waals surface area contributed by atoms with Gasteiger partial charge in [0.05, 0.1) is 15.7 Å². The van der Waals surface area contributed by atoms with Gasteiger partial charge >= 0.3 is 0 Å². The van der Waals surface area contributed by atoms with Crippen molar-refractivity contribution in [3.63, 3.8) is 0 Å². The van der Waals surface area contributed by atoms with Crippen molar-refractivity contribution in [2.75, 3.05) is 5.32 Å². The number of carbonyl (C=O) groups excluding carboxylic acids is 2. The SMILES string of the molecule is O=C1Nc2c(ccc(Cl)c2Cl)C(=O)[C@@]1(F)c1ccccc1. The van der Waals surface area contributed by atoms with E-state index in [0.717, 1.165) is 0 Å². The normalized spacial score (nSPS) is 20.9. The van der Waals surface area contributed by atoms with Crippen molar-refractivity contribution in [1.82, 2.24) is 0 Å². The molecule has 6 heteroatoms. The van der Waals surface area contributed by atoms with Crippen LogP contribution in [0.15, 0.2) is 42.5 Å². The van der Waals surface area contributed by atoms with Gasteiger partial charge in [-0.2, -0.15) is 0 Å². The quantitative estimate of drug-likeness (QED) is 0.806. The highest BCUT2D eigenvalue weighted by atomic mass is 35.5. The third-order valence-electron chi connectivity index (χ3n) is 3.38. The van der Waals surface area contributed by atoms with Crippen LogP contribution in [0.5, 0.6) is 0 Å². The molecule has 0 aliphatic carbocycles. The van der Waals surface area contributed by atoms with Gasteiger partial charge in [-0.15, -0.1) is 0 Å². The predicted octanol–water partition coefficient (Wildman–Crippen LogP) is 3.99. The number of alkyl halides is 1. The average molecular weight is 324 g/mol. The summed E-state index contributed by atoms with van der Waals surface area (Å²) in [5, 5.41) is 2.53. The van der Waals surface area contributed by atoms with Crippen molar-refractivity contribution in [2.45, 2.75) is 5.67 Å². The van der Waals surface area contributed by atoms with E-state index in [2.05, 4.69) is 5.32 Å². The van der Waals surface area contributed by atoms with Crippen LogP contribution >= 0.6 is 23.2 Å². The number of Topliss-reactive ketones (excluding diaryl/α,β-unsaturated/α-hetero) is 1. The third kappa shape index (κ3) is 1.94. The Morgan fingerprint density at radius 1 is 1.00 bits per heavy atom. The minimum Gasteiger partial charge on any atom is -0.321 e. The fourth-order valence-electron chi connectivity index (χ4n) is 2.28. The molecule has 0 saturated carbocycles. The predicted molar refractivity (Wildman–Crippen MR) is 78.7 cm³/mol. The van der Waals surface area contributed by atoms with Gasteiger partial charge in [0, 0.05) is 11.1 Å². The lowest BCUT2D eigenvalue weighted by Gasteiger charge is -2.29. The zero-order chi connectivity index (χ0) is 15.2. The van der Waals surface area contributed by atoms with Gasteiger partial charge in [0.15, 0.2) is 0 Å². The van der Waals surface area contributed by atoms with Crippen molar-refractivity contribution in [1.29, 1.82) is 0 Å². The zero-order valence-electron chi connectivity index (χ0n) is 10.5. The van der Waals surface area contributed by atoms with Gasteiger partial charge in [-0.1, -0.05) is 53.5 Å². The van der Waals surface area contributed by atoms with Gasteiger partial charge in [-0.3, -0.25) is 9.59 Å². The number of ketones is 1. The van der Waals surface area contributed by atoms with Gasteiger partial charge in [0.25, 0.3) is 11.6 Å². The van der Waals surface area contributed by atoms with E-state index in [9.17, 15) is 9.59 Å². The number of carbonyl (C=O) groups is 2. The Bertz CT molecular complexity index is 764. The number of hydrogen-bond acceptors (Lipinski definition) is 2. The minimum absolute atomic E-state index is 0.00430. The molecule has 2 aromatic carbocycles. The van der Waals surface area contributed by atoms with Crippen LogP contribution in [0.2, 0.25) is 10.0 Å². The smallest absolute Gasteiger partial charge is 0.275 e. The number of amides is 1. The summed E-state index contributed by atoms with van der Waals surface area (Å²) in [5.74, 6) is -2.03. The van der Waals surface area contributed by atoms with Crippen LogP contribution < -0.4 is 5.32 Å². The van der Waals surface area contributed by atoms with Crippen molar-refractivity contribution >= 4 is 40.6 Å². The first-order valence-electron chi connectivity index (χ1n) is 6.05. The molecule has 0 saturated heterocycles. The zero-order valence-corrected chi connectivity index (χ0v) is 12.0. The summed E-state index contributed by atoms with van der Waals surface area (Å²) in [4.78, 5) is 24.6. The molecule has 2 aromatic rings. The molecule has 1 N–H and O–H groups in total. The van der Waals surface area contributed by atoms with Gasteiger partial charge in [-0.25, -0.2) is 4.39 Å². The number of rotatable bonds is 1. The highest BCUT2D eigenvalue weighted by Gasteiger charge is 2.52. The summed E-state index contributed by atoms with van der Waals surface area (Å²) in [6.45, 7) is 0. The van der Waals surface area contributed by atoms with E-state index in [0.29, 0.717) is 0 Å². The Labute approximate surface area is 129 Å². The number of fused-ring (bicyclic) bond motifs is 1. The molecule has 3 rings (SSSR count). The van der Waals surface area contributed by atoms with E-state index in [1.807, 2.05) is 0 Å². The third-order valence-corrected chi connectivity index (χ3v) is 4.18. The Morgan fingerprint density at radius 3 is 2.33 bits per heavy atom. The van der Waals surface area contributed by atoms with Crippen LogP contribution in [-0.4, -0.2) is 11.7 Å². The Balaban J connectivity index is 2.22. The summed E-state index contributed by atoms with van der Waals surface area (Å²) in [6, 6.07) is 10.3. The Hall–Kier alpha value is -1.91. The molecule has 1 amide bonds. The maximum Gasteiger partial charge on any atom is 0.275 e. The minimum atomic E-state index is -2.77. The maximum atomic E-state index is 15.2. The van der Waals surface area contributed by atoms with Crippen LogP contribution in [0.25, 0.3) is 0 Å². The Morgan fingerprint density at radius 2 is 1.67 bits per heavy atom. The van der Waals surface area contributed by atoms with Gasteiger partial charge in [-0.05, 0) is 12.1 Å². The fraction of sp³-hybridized carbons (Fsp3) is 0.0667. The van der Waals surface area contributed by atoms with E-state index in [1.165, 1.54) is 24.3 Å². The molecular formula is C15H8Cl2FNO2. The number of anilines is 1. The van der Waals surface area contributed by atoms with Crippen molar-refractivity contribution < 1.29 is 14.0 Å². The molecule has 1 aliphatic heterocycles. The van der Waals surface area contributed by atoms with E-state index in [-0.39, 0.29) is 26.9 Å². The first kappa shape index (κ1) is 14.0. The second-order valence-corrected chi connectivity index (χ2v) is 5.38. The molecule has 3 nitrogen and oxygen atoms in total. The van der Waals surface area contributed by atoms with Crippen LogP contribution in [0, 0.1) is 0 Å². The molecule has 0 spiro atoms.